The summed E-state index contributed by atoms with van der Waals surface area (Å²) in [6.45, 7) is 4.02. The van der Waals surface area contributed by atoms with Crippen LogP contribution in [0.2, 0.25) is 0 Å². The Labute approximate surface area is 198 Å². The Balaban J connectivity index is 1.88. The minimum atomic E-state index is -4.07. The highest BCUT2D eigenvalue weighted by Crippen LogP contribution is 2.23. The third-order valence-corrected chi connectivity index (χ3v) is 6.45. The number of ether oxygens (including phenoxy) is 1. The van der Waals surface area contributed by atoms with E-state index in [1.54, 1.807) is 37.3 Å². The van der Waals surface area contributed by atoms with Crippen LogP contribution in [0.3, 0.4) is 0 Å². The highest BCUT2D eigenvalue weighted by molar-refractivity contribution is 7.89. The number of amides is 1. The molecule has 0 bridgehead atoms. The second kappa shape index (κ2) is 10.9. The van der Waals surface area contributed by atoms with Gasteiger partial charge in [-0.15, -0.1) is 0 Å². The van der Waals surface area contributed by atoms with Gasteiger partial charge in [0.15, 0.2) is 0 Å². The van der Waals surface area contributed by atoms with Gasteiger partial charge in [0.25, 0.3) is 5.69 Å². The number of nitrogens with zero attached hydrogens (tertiary/aromatic N) is 1. The molecule has 0 saturated heterocycles. The number of hydrogen-bond acceptors (Lipinski definition) is 6. The number of aryl methyl sites for hydroxylation is 1. The normalized spacial score (nSPS) is 12.1. The van der Waals surface area contributed by atoms with Crippen molar-refractivity contribution in [2.24, 2.45) is 0 Å². The Hall–Kier alpha value is -3.76. The number of benzene rings is 3. The minimum Gasteiger partial charge on any atom is -0.494 e. The molecule has 1 unspecified atom stereocenters. The van der Waals surface area contributed by atoms with Crippen molar-refractivity contribution < 1.29 is 22.9 Å². The van der Waals surface area contributed by atoms with Gasteiger partial charge in [0.2, 0.25) is 15.9 Å². The van der Waals surface area contributed by atoms with Gasteiger partial charge in [-0.1, -0.05) is 36.4 Å². The van der Waals surface area contributed by atoms with Crippen molar-refractivity contribution >= 4 is 27.3 Å². The van der Waals surface area contributed by atoms with E-state index in [1.807, 2.05) is 13.0 Å². The highest BCUT2D eigenvalue weighted by atomic mass is 32.2. The lowest BCUT2D eigenvalue weighted by atomic mass is 10.1. The molecular formula is C24H25N3O6S. The number of carbonyl (C=O) groups is 1. The van der Waals surface area contributed by atoms with E-state index in [2.05, 4.69) is 10.0 Å². The molecule has 3 rings (SSSR count). The third-order valence-electron chi connectivity index (χ3n) is 4.98. The Kier molecular flexibility index (Phi) is 7.98. The summed E-state index contributed by atoms with van der Waals surface area (Å²) in [6.07, 6.45) is 0.0802. The SMILES string of the molecule is CCOc1ccc(S(=O)(=O)NC(Cc2ccccc2)C(=O)Nc2cccc([N+](=O)[O-])c2)cc1C. The van der Waals surface area contributed by atoms with E-state index < -0.39 is 26.9 Å². The second-order valence-corrected chi connectivity index (χ2v) is 9.23. The van der Waals surface area contributed by atoms with E-state index >= 15 is 0 Å². The first-order valence-electron chi connectivity index (χ1n) is 10.5. The number of hydrogen-bond donors (Lipinski definition) is 2. The summed E-state index contributed by atoms with van der Waals surface area (Å²) in [5.41, 5.74) is 1.38. The molecule has 0 aliphatic carbocycles. The molecule has 0 radical (unpaired) electrons. The fraction of sp³-hybridized carbons (Fsp3) is 0.208. The molecule has 0 heterocycles. The van der Waals surface area contributed by atoms with Crippen LogP contribution in [0.15, 0.2) is 77.7 Å². The first kappa shape index (κ1) is 24.9. The molecule has 0 aliphatic rings. The van der Waals surface area contributed by atoms with Crippen molar-refractivity contribution in [3.63, 3.8) is 0 Å². The molecule has 1 atom stereocenters. The summed E-state index contributed by atoms with van der Waals surface area (Å²) < 4.78 is 34.2. The van der Waals surface area contributed by atoms with Crippen LogP contribution in [0.1, 0.15) is 18.1 Å². The number of sulfonamides is 1. The average Bonchev–Trinajstić information content (AvgIpc) is 2.80. The number of nitro benzene ring substituents is 1. The summed E-state index contributed by atoms with van der Waals surface area (Å²) in [4.78, 5) is 23.5. The quantitative estimate of drug-likeness (QED) is 0.333. The van der Waals surface area contributed by atoms with Crippen LogP contribution in [0, 0.1) is 17.0 Å². The fourth-order valence-corrected chi connectivity index (χ4v) is 4.61. The smallest absolute Gasteiger partial charge is 0.271 e. The lowest BCUT2D eigenvalue weighted by Crippen LogP contribution is -2.45. The van der Waals surface area contributed by atoms with Gasteiger partial charge in [-0.05, 0) is 55.7 Å². The van der Waals surface area contributed by atoms with Crippen molar-refractivity contribution in [2.75, 3.05) is 11.9 Å². The average molecular weight is 484 g/mol. The maximum absolute atomic E-state index is 13.1. The molecule has 9 nitrogen and oxygen atoms in total. The van der Waals surface area contributed by atoms with E-state index in [0.29, 0.717) is 17.9 Å². The van der Waals surface area contributed by atoms with E-state index in [-0.39, 0.29) is 22.7 Å². The molecule has 34 heavy (non-hydrogen) atoms. The topological polar surface area (TPSA) is 128 Å². The largest absolute Gasteiger partial charge is 0.494 e. The molecule has 2 N–H and O–H groups in total. The predicted molar refractivity (Wildman–Crippen MR) is 128 cm³/mol. The Morgan fingerprint density at radius 3 is 2.44 bits per heavy atom. The summed E-state index contributed by atoms with van der Waals surface area (Å²) in [6, 6.07) is 17.7. The van der Waals surface area contributed by atoms with Crippen molar-refractivity contribution in [1.29, 1.82) is 0 Å². The number of nitro groups is 1. The van der Waals surface area contributed by atoms with Crippen LogP contribution in [0.4, 0.5) is 11.4 Å². The van der Waals surface area contributed by atoms with Crippen LogP contribution in [0.5, 0.6) is 5.75 Å². The second-order valence-electron chi connectivity index (χ2n) is 7.52. The summed E-state index contributed by atoms with van der Waals surface area (Å²) >= 11 is 0. The molecule has 10 heteroatoms. The van der Waals surface area contributed by atoms with Crippen LogP contribution in [-0.4, -0.2) is 31.9 Å². The molecule has 178 valence electrons. The zero-order chi connectivity index (χ0) is 24.7. The molecule has 1 amide bonds. The Morgan fingerprint density at radius 2 is 1.79 bits per heavy atom. The van der Waals surface area contributed by atoms with Crippen LogP contribution < -0.4 is 14.8 Å². The summed E-state index contributed by atoms with van der Waals surface area (Å²) in [5, 5.41) is 13.6. The van der Waals surface area contributed by atoms with E-state index in [4.69, 9.17) is 4.74 Å². The third kappa shape index (κ3) is 6.40. The van der Waals surface area contributed by atoms with Gasteiger partial charge in [-0.2, -0.15) is 4.72 Å². The highest BCUT2D eigenvalue weighted by Gasteiger charge is 2.27. The standard InChI is InChI=1S/C24H25N3O6S/c1-3-33-23-13-12-21(14-17(23)2)34(31,32)26-22(15-18-8-5-4-6-9-18)24(28)25-19-10-7-11-20(16-19)27(29)30/h4-14,16,22,26H,3,15H2,1-2H3,(H,25,28). The van der Waals surface area contributed by atoms with Crippen LogP contribution >= 0.6 is 0 Å². The van der Waals surface area contributed by atoms with Crippen LogP contribution in [0.25, 0.3) is 0 Å². The molecule has 0 saturated carbocycles. The minimum absolute atomic E-state index is 0.00494. The Bertz CT molecular complexity index is 1280. The van der Waals surface area contributed by atoms with Gasteiger partial charge in [0.05, 0.1) is 16.4 Å². The van der Waals surface area contributed by atoms with Gasteiger partial charge in [0.1, 0.15) is 11.8 Å². The predicted octanol–water partition coefficient (Wildman–Crippen LogP) is 3.83. The zero-order valence-corrected chi connectivity index (χ0v) is 19.5. The molecule has 0 aliphatic heterocycles. The molecule has 0 aromatic heterocycles. The lowest BCUT2D eigenvalue weighted by Gasteiger charge is -2.19. The van der Waals surface area contributed by atoms with Gasteiger partial charge in [-0.3, -0.25) is 14.9 Å². The van der Waals surface area contributed by atoms with E-state index in [0.717, 1.165) is 5.56 Å². The van der Waals surface area contributed by atoms with Crippen molar-refractivity contribution in [2.45, 2.75) is 31.2 Å². The molecule has 3 aromatic carbocycles. The van der Waals surface area contributed by atoms with Gasteiger partial charge >= 0.3 is 0 Å². The molecular weight excluding hydrogens is 458 g/mol. The maximum atomic E-state index is 13.1. The maximum Gasteiger partial charge on any atom is 0.271 e. The first-order valence-corrected chi connectivity index (χ1v) is 12.0. The molecule has 0 fully saturated rings. The van der Waals surface area contributed by atoms with Crippen molar-refractivity contribution in [3.05, 3.63) is 94.0 Å². The van der Waals surface area contributed by atoms with Gasteiger partial charge in [-0.25, -0.2) is 8.42 Å². The number of rotatable bonds is 10. The van der Waals surface area contributed by atoms with Gasteiger partial charge in [0, 0.05) is 17.8 Å². The number of carbonyl (C=O) groups excluding carboxylic acids is 1. The van der Waals surface area contributed by atoms with Crippen molar-refractivity contribution in [1.82, 2.24) is 4.72 Å². The van der Waals surface area contributed by atoms with Crippen molar-refractivity contribution in [3.8, 4) is 5.75 Å². The van der Waals surface area contributed by atoms with Crippen LogP contribution in [-0.2, 0) is 21.2 Å². The lowest BCUT2D eigenvalue weighted by molar-refractivity contribution is -0.384. The van der Waals surface area contributed by atoms with E-state index in [9.17, 15) is 23.3 Å². The fourth-order valence-electron chi connectivity index (χ4n) is 3.33. The number of non-ortho nitro benzene ring substituents is 1. The van der Waals surface area contributed by atoms with Gasteiger partial charge < -0.3 is 10.1 Å². The molecule has 0 spiro atoms. The first-order chi connectivity index (χ1) is 16.2. The monoisotopic (exact) mass is 483 g/mol. The zero-order valence-electron chi connectivity index (χ0n) is 18.7. The number of nitrogens with one attached hydrogen (secondary N) is 2. The molecule has 3 aromatic rings. The summed E-state index contributed by atoms with van der Waals surface area (Å²) in [5.74, 6) is -0.0683. The number of anilines is 1. The van der Waals surface area contributed by atoms with E-state index in [1.165, 1.54) is 36.4 Å². The Morgan fingerprint density at radius 1 is 1.06 bits per heavy atom. The summed E-state index contributed by atoms with van der Waals surface area (Å²) in [7, 11) is -4.07.